The summed E-state index contributed by atoms with van der Waals surface area (Å²) < 4.78 is 5.90. The van der Waals surface area contributed by atoms with E-state index in [9.17, 15) is 0 Å². The van der Waals surface area contributed by atoms with Crippen molar-refractivity contribution in [2.45, 2.75) is 31.8 Å². The SMILES string of the molecule is CC1COc2ccccc2C1N1C[C@@H]2CCCN[C@@H]2C1. The predicted octanol–water partition coefficient (Wildman–Crippen LogP) is 2.44. The summed E-state index contributed by atoms with van der Waals surface area (Å²) in [5.74, 6) is 2.52. The maximum Gasteiger partial charge on any atom is 0.124 e. The van der Waals surface area contributed by atoms with Crippen LogP contribution in [0.5, 0.6) is 5.75 Å². The van der Waals surface area contributed by atoms with Gasteiger partial charge in [0.15, 0.2) is 0 Å². The summed E-state index contributed by atoms with van der Waals surface area (Å²) in [5, 5.41) is 3.72. The molecule has 4 atom stereocenters. The third-order valence-electron chi connectivity index (χ3n) is 5.30. The van der Waals surface area contributed by atoms with Crippen molar-refractivity contribution < 1.29 is 4.74 Å². The van der Waals surface area contributed by atoms with Crippen molar-refractivity contribution in [3.63, 3.8) is 0 Å². The lowest BCUT2D eigenvalue weighted by atomic mass is 9.90. The zero-order valence-corrected chi connectivity index (χ0v) is 12.2. The Balaban J connectivity index is 1.61. The van der Waals surface area contributed by atoms with Crippen molar-refractivity contribution >= 4 is 0 Å². The lowest BCUT2D eigenvalue weighted by Gasteiger charge is -2.37. The Morgan fingerprint density at radius 2 is 2.15 bits per heavy atom. The summed E-state index contributed by atoms with van der Waals surface area (Å²) in [6.45, 7) is 6.83. The molecular weight excluding hydrogens is 248 g/mol. The standard InChI is InChI=1S/C17H24N2O/c1-12-11-20-16-7-3-2-6-14(16)17(12)19-9-13-5-4-8-18-15(13)10-19/h2-3,6-7,12-13,15,17-18H,4-5,8-11H2,1H3/t12?,13-,15+,17?/m0/s1. The molecule has 0 radical (unpaired) electrons. The van der Waals surface area contributed by atoms with E-state index in [2.05, 4.69) is 41.4 Å². The Bertz CT molecular complexity index is 476. The van der Waals surface area contributed by atoms with E-state index >= 15 is 0 Å². The second-order valence-electron chi connectivity index (χ2n) is 6.69. The van der Waals surface area contributed by atoms with Gasteiger partial charge in [-0.3, -0.25) is 4.90 Å². The number of ether oxygens (including phenoxy) is 1. The summed E-state index contributed by atoms with van der Waals surface area (Å²) in [6, 6.07) is 9.85. The molecule has 2 saturated heterocycles. The molecule has 3 aliphatic heterocycles. The molecule has 0 spiro atoms. The van der Waals surface area contributed by atoms with Gasteiger partial charge in [-0.1, -0.05) is 25.1 Å². The third-order valence-corrected chi connectivity index (χ3v) is 5.30. The maximum atomic E-state index is 5.90. The highest BCUT2D eigenvalue weighted by Gasteiger charge is 2.41. The molecule has 2 fully saturated rings. The lowest BCUT2D eigenvalue weighted by molar-refractivity contribution is 0.105. The molecule has 3 heteroatoms. The highest BCUT2D eigenvalue weighted by atomic mass is 16.5. The minimum atomic E-state index is 0.535. The van der Waals surface area contributed by atoms with E-state index < -0.39 is 0 Å². The second-order valence-corrected chi connectivity index (χ2v) is 6.69. The van der Waals surface area contributed by atoms with Gasteiger partial charge >= 0.3 is 0 Å². The van der Waals surface area contributed by atoms with Crippen molar-refractivity contribution in [3.8, 4) is 5.75 Å². The lowest BCUT2D eigenvalue weighted by Crippen LogP contribution is -2.41. The van der Waals surface area contributed by atoms with Gasteiger partial charge in [-0.2, -0.15) is 0 Å². The van der Waals surface area contributed by atoms with Gasteiger partial charge in [0, 0.05) is 36.7 Å². The van der Waals surface area contributed by atoms with Crippen LogP contribution in [0.25, 0.3) is 0 Å². The first kappa shape index (κ1) is 12.7. The Morgan fingerprint density at radius 3 is 3.05 bits per heavy atom. The number of benzene rings is 1. The first-order valence-electron chi connectivity index (χ1n) is 8.02. The van der Waals surface area contributed by atoms with Gasteiger partial charge in [-0.15, -0.1) is 0 Å². The van der Waals surface area contributed by atoms with Gasteiger partial charge in [0.25, 0.3) is 0 Å². The summed E-state index contributed by atoms with van der Waals surface area (Å²) in [4.78, 5) is 2.71. The molecule has 0 aromatic heterocycles. The molecule has 1 aromatic rings. The molecule has 0 aliphatic carbocycles. The molecule has 0 bridgehead atoms. The smallest absolute Gasteiger partial charge is 0.124 e. The van der Waals surface area contributed by atoms with Crippen LogP contribution in [0.15, 0.2) is 24.3 Å². The van der Waals surface area contributed by atoms with Crippen LogP contribution in [0.4, 0.5) is 0 Å². The van der Waals surface area contributed by atoms with Crippen LogP contribution < -0.4 is 10.1 Å². The number of hydrogen-bond acceptors (Lipinski definition) is 3. The number of nitrogens with one attached hydrogen (secondary N) is 1. The number of para-hydroxylation sites is 1. The predicted molar refractivity (Wildman–Crippen MR) is 79.9 cm³/mol. The Morgan fingerprint density at radius 1 is 1.25 bits per heavy atom. The zero-order valence-electron chi connectivity index (χ0n) is 12.2. The fraction of sp³-hybridized carbons (Fsp3) is 0.647. The summed E-state index contributed by atoms with van der Waals surface area (Å²) in [7, 11) is 0. The van der Waals surface area contributed by atoms with E-state index in [0.717, 1.165) is 18.3 Å². The third kappa shape index (κ3) is 2.04. The molecule has 3 nitrogen and oxygen atoms in total. The van der Waals surface area contributed by atoms with Gasteiger partial charge < -0.3 is 10.1 Å². The number of piperidine rings is 1. The summed E-state index contributed by atoms with van der Waals surface area (Å²) >= 11 is 0. The summed E-state index contributed by atoms with van der Waals surface area (Å²) in [6.07, 6.45) is 2.74. The van der Waals surface area contributed by atoms with Gasteiger partial charge in [0.1, 0.15) is 5.75 Å². The molecule has 1 aromatic carbocycles. The first-order valence-corrected chi connectivity index (χ1v) is 8.02. The van der Waals surface area contributed by atoms with E-state index in [1.807, 2.05) is 0 Å². The molecule has 0 saturated carbocycles. The molecule has 1 N–H and O–H groups in total. The molecule has 4 rings (SSSR count). The van der Waals surface area contributed by atoms with E-state index in [1.54, 1.807) is 0 Å². The zero-order chi connectivity index (χ0) is 13.5. The Kier molecular flexibility index (Phi) is 3.20. The average molecular weight is 272 g/mol. The maximum absolute atomic E-state index is 5.90. The van der Waals surface area contributed by atoms with Crippen LogP contribution >= 0.6 is 0 Å². The molecule has 3 aliphatic rings. The molecule has 0 amide bonds. The normalized spacial score (nSPS) is 37.0. The number of nitrogens with zero attached hydrogens (tertiary/aromatic N) is 1. The largest absolute Gasteiger partial charge is 0.493 e. The van der Waals surface area contributed by atoms with Crippen molar-refractivity contribution in [2.75, 3.05) is 26.2 Å². The summed E-state index contributed by atoms with van der Waals surface area (Å²) in [5.41, 5.74) is 1.39. The Hall–Kier alpha value is -1.06. The van der Waals surface area contributed by atoms with E-state index in [-0.39, 0.29) is 0 Å². The number of hydrogen-bond donors (Lipinski definition) is 1. The fourth-order valence-corrected chi connectivity index (χ4v) is 4.34. The van der Waals surface area contributed by atoms with Crippen LogP contribution in [0.3, 0.4) is 0 Å². The minimum absolute atomic E-state index is 0.535. The van der Waals surface area contributed by atoms with Crippen molar-refractivity contribution in [2.24, 2.45) is 11.8 Å². The monoisotopic (exact) mass is 272 g/mol. The van der Waals surface area contributed by atoms with Crippen molar-refractivity contribution in [3.05, 3.63) is 29.8 Å². The topological polar surface area (TPSA) is 24.5 Å². The molecular formula is C17H24N2O. The highest BCUT2D eigenvalue weighted by molar-refractivity contribution is 5.38. The van der Waals surface area contributed by atoms with E-state index in [1.165, 1.54) is 38.0 Å². The minimum Gasteiger partial charge on any atom is -0.493 e. The van der Waals surface area contributed by atoms with Crippen molar-refractivity contribution in [1.82, 2.24) is 10.2 Å². The number of rotatable bonds is 1. The van der Waals surface area contributed by atoms with Crippen LogP contribution in [0, 0.1) is 11.8 Å². The van der Waals surface area contributed by atoms with Gasteiger partial charge in [0.2, 0.25) is 0 Å². The fourth-order valence-electron chi connectivity index (χ4n) is 4.34. The van der Waals surface area contributed by atoms with E-state index in [4.69, 9.17) is 4.74 Å². The van der Waals surface area contributed by atoms with E-state index in [0.29, 0.717) is 18.0 Å². The molecule has 20 heavy (non-hydrogen) atoms. The van der Waals surface area contributed by atoms with Crippen LogP contribution in [0.2, 0.25) is 0 Å². The van der Waals surface area contributed by atoms with Crippen LogP contribution in [0.1, 0.15) is 31.4 Å². The van der Waals surface area contributed by atoms with Gasteiger partial charge in [-0.25, -0.2) is 0 Å². The first-order chi connectivity index (χ1) is 9.83. The Labute approximate surface area is 121 Å². The van der Waals surface area contributed by atoms with Crippen LogP contribution in [-0.4, -0.2) is 37.2 Å². The second kappa shape index (κ2) is 5.05. The molecule has 108 valence electrons. The van der Waals surface area contributed by atoms with Crippen LogP contribution in [-0.2, 0) is 0 Å². The number of fused-ring (bicyclic) bond motifs is 2. The quantitative estimate of drug-likeness (QED) is 0.850. The molecule has 3 heterocycles. The van der Waals surface area contributed by atoms with Crippen molar-refractivity contribution in [1.29, 1.82) is 0 Å². The highest BCUT2D eigenvalue weighted by Crippen LogP contribution is 2.42. The van der Waals surface area contributed by atoms with Gasteiger partial charge in [-0.05, 0) is 31.4 Å². The average Bonchev–Trinajstić information content (AvgIpc) is 2.90. The number of likely N-dealkylation sites (tertiary alicyclic amines) is 1. The van der Waals surface area contributed by atoms with Gasteiger partial charge in [0.05, 0.1) is 6.61 Å². The molecule has 2 unspecified atom stereocenters.